The summed E-state index contributed by atoms with van der Waals surface area (Å²) in [7, 11) is 0. The third kappa shape index (κ3) is 3.78. The van der Waals surface area contributed by atoms with E-state index in [1.165, 1.54) is 32.1 Å². The summed E-state index contributed by atoms with van der Waals surface area (Å²) in [5.41, 5.74) is 0. The number of amides is 1. The van der Waals surface area contributed by atoms with E-state index in [0.29, 0.717) is 24.8 Å². The van der Waals surface area contributed by atoms with Gasteiger partial charge in [0.15, 0.2) is 0 Å². The highest BCUT2D eigenvalue weighted by molar-refractivity contribution is 5.76. The number of carbonyl (C=O) groups is 1. The standard InChI is InChI=1S/C13H23NO2/c15-12(11-6-7-11)9-14-13(16)8-10-4-2-1-3-5-10/h10-12,15H,1-9H2,(H,14,16). The van der Waals surface area contributed by atoms with Crippen LogP contribution in [0.15, 0.2) is 0 Å². The Morgan fingerprint density at radius 1 is 1.19 bits per heavy atom. The Labute approximate surface area is 97.6 Å². The molecule has 2 fully saturated rings. The maximum atomic E-state index is 11.6. The van der Waals surface area contributed by atoms with E-state index in [9.17, 15) is 9.90 Å². The Kier molecular flexibility index (Phi) is 4.22. The average molecular weight is 225 g/mol. The minimum Gasteiger partial charge on any atom is -0.391 e. The van der Waals surface area contributed by atoms with E-state index in [1.54, 1.807) is 0 Å². The van der Waals surface area contributed by atoms with Crippen molar-refractivity contribution in [2.75, 3.05) is 6.54 Å². The van der Waals surface area contributed by atoms with Crippen molar-refractivity contribution in [3.63, 3.8) is 0 Å². The summed E-state index contributed by atoms with van der Waals surface area (Å²) in [6, 6.07) is 0. The summed E-state index contributed by atoms with van der Waals surface area (Å²) in [4.78, 5) is 11.6. The van der Waals surface area contributed by atoms with Gasteiger partial charge in [-0.05, 0) is 37.5 Å². The Bertz CT molecular complexity index is 232. The molecule has 2 N–H and O–H groups in total. The summed E-state index contributed by atoms with van der Waals surface area (Å²) in [6.45, 7) is 0.455. The monoisotopic (exact) mass is 225 g/mol. The molecule has 1 atom stereocenters. The van der Waals surface area contributed by atoms with Crippen molar-refractivity contribution in [3.05, 3.63) is 0 Å². The zero-order valence-corrected chi connectivity index (χ0v) is 9.95. The molecule has 1 unspecified atom stereocenters. The van der Waals surface area contributed by atoms with Crippen LogP contribution in [0, 0.1) is 11.8 Å². The van der Waals surface area contributed by atoms with Gasteiger partial charge in [-0.1, -0.05) is 19.3 Å². The summed E-state index contributed by atoms with van der Waals surface area (Å²) < 4.78 is 0. The van der Waals surface area contributed by atoms with Crippen molar-refractivity contribution in [1.82, 2.24) is 5.32 Å². The molecule has 2 aliphatic carbocycles. The first-order chi connectivity index (χ1) is 7.75. The molecule has 1 amide bonds. The van der Waals surface area contributed by atoms with E-state index in [4.69, 9.17) is 0 Å². The lowest BCUT2D eigenvalue weighted by atomic mass is 9.87. The smallest absolute Gasteiger partial charge is 0.220 e. The molecule has 3 heteroatoms. The fourth-order valence-corrected chi connectivity index (χ4v) is 2.59. The lowest BCUT2D eigenvalue weighted by Crippen LogP contribution is -2.34. The SMILES string of the molecule is O=C(CC1CCCCC1)NCC(O)C1CC1. The normalized spacial score (nSPS) is 24.1. The largest absolute Gasteiger partial charge is 0.391 e. The lowest BCUT2D eigenvalue weighted by molar-refractivity contribution is -0.122. The van der Waals surface area contributed by atoms with Crippen LogP contribution in [-0.4, -0.2) is 23.7 Å². The molecule has 0 aromatic carbocycles. The zero-order valence-electron chi connectivity index (χ0n) is 9.95. The predicted molar refractivity (Wildman–Crippen MR) is 62.9 cm³/mol. The first kappa shape index (κ1) is 11.9. The van der Waals surface area contributed by atoms with Crippen molar-refractivity contribution in [2.24, 2.45) is 11.8 Å². The molecule has 3 nitrogen and oxygen atoms in total. The Hall–Kier alpha value is -0.570. The van der Waals surface area contributed by atoms with Crippen LogP contribution in [0.3, 0.4) is 0 Å². The predicted octanol–water partition coefficient (Wildman–Crippen LogP) is 1.84. The van der Waals surface area contributed by atoms with Gasteiger partial charge in [0.05, 0.1) is 6.10 Å². The molecule has 2 rings (SSSR count). The Balaban J connectivity index is 1.59. The first-order valence-electron chi connectivity index (χ1n) is 6.70. The third-order valence-electron chi connectivity index (χ3n) is 3.87. The molecule has 2 saturated carbocycles. The van der Waals surface area contributed by atoms with Gasteiger partial charge >= 0.3 is 0 Å². The van der Waals surface area contributed by atoms with E-state index in [2.05, 4.69) is 5.32 Å². The highest BCUT2D eigenvalue weighted by atomic mass is 16.3. The Morgan fingerprint density at radius 2 is 1.88 bits per heavy atom. The first-order valence-corrected chi connectivity index (χ1v) is 6.70. The second-order valence-corrected chi connectivity index (χ2v) is 5.42. The van der Waals surface area contributed by atoms with Gasteiger partial charge in [0.25, 0.3) is 0 Å². The maximum absolute atomic E-state index is 11.6. The van der Waals surface area contributed by atoms with Crippen LogP contribution in [0.25, 0.3) is 0 Å². The van der Waals surface area contributed by atoms with Gasteiger partial charge in [0.1, 0.15) is 0 Å². The number of aliphatic hydroxyl groups excluding tert-OH is 1. The molecular formula is C13H23NO2. The molecule has 2 aliphatic rings. The summed E-state index contributed by atoms with van der Waals surface area (Å²) in [6.07, 6.45) is 8.91. The molecule has 92 valence electrons. The molecule has 0 aromatic rings. The number of rotatable bonds is 5. The zero-order chi connectivity index (χ0) is 11.4. The number of carbonyl (C=O) groups excluding carboxylic acids is 1. The highest BCUT2D eigenvalue weighted by Crippen LogP contribution is 2.32. The van der Waals surface area contributed by atoms with E-state index in [0.717, 1.165) is 12.8 Å². The second kappa shape index (κ2) is 5.67. The van der Waals surface area contributed by atoms with Crippen molar-refractivity contribution in [3.8, 4) is 0 Å². The van der Waals surface area contributed by atoms with Gasteiger partial charge in [-0.3, -0.25) is 4.79 Å². The lowest BCUT2D eigenvalue weighted by Gasteiger charge is -2.21. The van der Waals surface area contributed by atoms with Crippen molar-refractivity contribution >= 4 is 5.91 Å². The fraction of sp³-hybridized carbons (Fsp3) is 0.923. The molecular weight excluding hydrogens is 202 g/mol. The van der Waals surface area contributed by atoms with Crippen molar-refractivity contribution in [1.29, 1.82) is 0 Å². The van der Waals surface area contributed by atoms with E-state index in [-0.39, 0.29) is 12.0 Å². The minimum atomic E-state index is -0.310. The molecule has 0 aliphatic heterocycles. The fourth-order valence-electron chi connectivity index (χ4n) is 2.59. The molecule has 0 spiro atoms. The quantitative estimate of drug-likeness (QED) is 0.750. The van der Waals surface area contributed by atoms with Crippen LogP contribution in [0.2, 0.25) is 0 Å². The van der Waals surface area contributed by atoms with E-state index < -0.39 is 0 Å². The third-order valence-corrected chi connectivity index (χ3v) is 3.87. The van der Waals surface area contributed by atoms with Crippen LogP contribution in [0.5, 0.6) is 0 Å². The van der Waals surface area contributed by atoms with Crippen molar-refractivity contribution < 1.29 is 9.90 Å². The second-order valence-electron chi connectivity index (χ2n) is 5.42. The number of nitrogens with one attached hydrogen (secondary N) is 1. The average Bonchev–Trinajstić information content (AvgIpc) is 3.11. The molecule has 16 heavy (non-hydrogen) atoms. The number of hydrogen-bond acceptors (Lipinski definition) is 2. The van der Waals surface area contributed by atoms with Gasteiger partial charge in [-0.2, -0.15) is 0 Å². The highest BCUT2D eigenvalue weighted by Gasteiger charge is 2.29. The summed E-state index contributed by atoms with van der Waals surface area (Å²) in [5.74, 6) is 1.17. The van der Waals surface area contributed by atoms with Gasteiger partial charge in [-0.25, -0.2) is 0 Å². The van der Waals surface area contributed by atoms with Gasteiger partial charge in [0, 0.05) is 13.0 Å². The summed E-state index contributed by atoms with van der Waals surface area (Å²) >= 11 is 0. The van der Waals surface area contributed by atoms with Gasteiger partial charge in [-0.15, -0.1) is 0 Å². The van der Waals surface area contributed by atoms with Crippen LogP contribution in [0.4, 0.5) is 0 Å². The van der Waals surface area contributed by atoms with Gasteiger partial charge in [0.2, 0.25) is 5.91 Å². The minimum absolute atomic E-state index is 0.131. The summed E-state index contributed by atoms with van der Waals surface area (Å²) in [5, 5.41) is 12.5. The van der Waals surface area contributed by atoms with Gasteiger partial charge < -0.3 is 10.4 Å². The molecule has 0 saturated heterocycles. The van der Waals surface area contributed by atoms with E-state index in [1.807, 2.05) is 0 Å². The molecule has 0 aromatic heterocycles. The van der Waals surface area contributed by atoms with Crippen LogP contribution < -0.4 is 5.32 Å². The van der Waals surface area contributed by atoms with Crippen LogP contribution in [-0.2, 0) is 4.79 Å². The number of hydrogen-bond donors (Lipinski definition) is 2. The van der Waals surface area contributed by atoms with Crippen LogP contribution in [0.1, 0.15) is 51.4 Å². The molecule has 0 radical (unpaired) electrons. The molecule has 0 heterocycles. The Morgan fingerprint density at radius 3 is 2.50 bits per heavy atom. The topological polar surface area (TPSA) is 49.3 Å². The van der Waals surface area contributed by atoms with Crippen molar-refractivity contribution in [2.45, 2.75) is 57.5 Å². The number of aliphatic hydroxyl groups is 1. The maximum Gasteiger partial charge on any atom is 0.220 e. The molecule has 0 bridgehead atoms. The van der Waals surface area contributed by atoms with Crippen LogP contribution >= 0.6 is 0 Å². The van der Waals surface area contributed by atoms with E-state index >= 15 is 0 Å².